The molecule has 0 atom stereocenters. The summed E-state index contributed by atoms with van der Waals surface area (Å²) in [5.74, 6) is -0.484. The zero-order valence-electron chi connectivity index (χ0n) is 9.11. The molecule has 16 heavy (non-hydrogen) atoms. The zero-order chi connectivity index (χ0) is 12.1. The Balaban J connectivity index is 2.62. The molecule has 1 amide bonds. The van der Waals surface area contributed by atoms with Gasteiger partial charge in [-0.05, 0) is 17.7 Å². The number of hydrogen-bond acceptors (Lipinski definition) is 2. The van der Waals surface area contributed by atoms with Crippen LogP contribution in [-0.2, 0) is 11.3 Å². The van der Waals surface area contributed by atoms with Gasteiger partial charge in [-0.25, -0.2) is 0 Å². The lowest BCUT2D eigenvalue weighted by Gasteiger charge is -2.16. The van der Waals surface area contributed by atoms with Crippen molar-refractivity contribution in [1.82, 2.24) is 4.90 Å². The number of hydrogen-bond donors (Lipinski definition) is 0. The highest BCUT2D eigenvalue weighted by Crippen LogP contribution is 2.13. The maximum Gasteiger partial charge on any atom is 0.315 e. The molecule has 1 rings (SSSR count). The molecule has 3 nitrogen and oxygen atoms in total. The summed E-state index contributed by atoms with van der Waals surface area (Å²) in [4.78, 5) is 11.9. The van der Waals surface area contributed by atoms with Gasteiger partial charge in [-0.2, -0.15) is 8.78 Å². The number of amides is 1. The standard InChI is InChI=1S/C11H13F2NO2/c1-14(11(15)10(12)13)7-8-3-5-9(16-2)6-4-8/h3-6,10H,7H2,1-2H3. The van der Waals surface area contributed by atoms with Crippen LogP contribution >= 0.6 is 0 Å². The van der Waals surface area contributed by atoms with E-state index in [-0.39, 0.29) is 6.54 Å². The van der Waals surface area contributed by atoms with E-state index in [4.69, 9.17) is 4.74 Å². The first kappa shape index (κ1) is 12.4. The van der Waals surface area contributed by atoms with Gasteiger partial charge in [-0.1, -0.05) is 12.1 Å². The van der Waals surface area contributed by atoms with Crippen molar-refractivity contribution in [2.75, 3.05) is 14.2 Å². The van der Waals surface area contributed by atoms with Gasteiger partial charge in [0.2, 0.25) is 0 Å². The summed E-state index contributed by atoms with van der Waals surface area (Å²) >= 11 is 0. The zero-order valence-corrected chi connectivity index (χ0v) is 9.11. The molecule has 0 bridgehead atoms. The van der Waals surface area contributed by atoms with Crippen LogP contribution in [0.4, 0.5) is 8.78 Å². The lowest BCUT2D eigenvalue weighted by atomic mass is 10.2. The molecule has 0 aliphatic rings. The highest BCUT2D eigenvalue weighted by atomic mass is 19.3. The van der Waals surface area contributed by atoms with Crippen molar-refractivity contribution >= 4 is 5.91 Å². The number of carbonyl (C=O) groups is 1. The average molecular weight is 229 g/mol. The fraction of sp³-hybridized carbons (Fsp3) is 0.364. The number of benzene rings is 1. The SMILES string of the molecule is COc1ccc(CN(C)C(=O)C(F)F)cc1. The van der Waals surface area contributed by atoms with Crippen LogP contribution in [0.1, 0.15) is 5.56 Å². The Morgan fingerprint density at radius 2 is 1.94 bits per heavy atom. The molecule has 0 fully saturated rings. The predicted molar refractivity (Wildman–Crippen MR) is 55.5 cm³/mol. The minimum Gasteiger partial charge on any atom is -0.497 e. The number of ether oxygens (including phenoxy) is 1. The number of rotatable bonds is 4. The van der Waals surface area contributed by atoms with Crippen molar-refractivity contribution in [2.45, 2.75) is 13.0 Å². The summed E-state index contributed by atoms with van der Waals surface area (Å²) in [5, 5.41) is 0. The average Bonchev–Trinajstić information content (AvgIpc) is 2.28. The van der Waals surface area contributed by atoms with E-state index in [0.717, 1.165) is 10.5 Å². The first-order valence-corrected chi connectivity index (χ1v) is 4.70. The minimum atomic E-state index is -2.96. The van der Waals surface area contributed by atoms with Crippen LogP contribution in [0, 0.1) is 0 Å². The largest absolute Gasteiger partial charge is 0.497 e. The van der Waals surface area contributed by atoms with Crippen molar-refractivity contribution in [3.63, 3.8) is 0 Å². The van der Waals surface area contributed by atoms with Crippen molar-refractivity contribution in [3.05, 3.63) is 29.8 Å². The summed E-state index contributed by atoms with van der Waals surface area (Å²) in [6.07, 6.45) is -2.96. The van der Waals surface area contributed by atoms with Crippen LogP contribution < -0.4 is 4.74 Å². The van der Waals surface area contributed by atoms with Crippen molar-refractivity contribution in [3.8, 4) is 5.75 Å². The first-order valence-electron chi connectivity index (χ1n) is 4.70. The molecule has 5 heteroatoms. The summed E-state index contributed by atoms with van der Waals surface area (Å²) in [6, 6.07) is 6.90. The molecule has 0 aliphatic carbocycles. The Morgan fingerprint density at radius 3 is 2.38 bits per heavy atom. The van der Waals surface area contributed by atoms with Gasteiger partial charge in [0.25, 0.3) is 5.91 Å². The van der Waals surface area contributed by atoms with Crippen molar-refractivity contribution in [2.24, 2.45) is 0 Å². The molecule has 0 aliphatic heterocycles. The van der Waals surface area contributed by atoms with E-state index in [1.807, 2.05) is 0 Å². The van der Waals surface area contributed by atoms with Gasteiger partial charge in [0.15, 0.2) is 0 Å². The number of carbonyl (C=O) groups excluding carboxylic acids is 1. The van der Waals surface area contributed by atoms with E-state index in [0.29, 0.717) is 5.75 Å². The molecule has 0 spiro atoms. The lowest BCUT2D eigenvalue weighted by Crippen LogP contribution is -2.31. The van der Waals surface area contributed by atoms with Gasteiger partial charge in [0, 0.05) is 13.6 Å². The summed E-state index contributed by atoms with van der Waals surface area (Å²) in [5.41, 5.74) is 0.775. The second-order valence-electron chi connectivity index (χ2n) is 3.34. The van der Waals surface area contributed by atoms with E-state index in [1.54, 1.807) is 31.4 Å². The minimum absolute atomic E-state index is 0.160. The normalized spacial score (nSPS) is 10.3. The Hall–Kier alpha value is -1.65. The quantitative estimate of drug-likeness (QED) is 0.789. The third-order valence-electron chi connectivity index (χ3n) is 2.14. The van der Waals surface area contributed by atoms with Gasteiger partial charge in [0.1, 0.15) is 5.75 Å². The van der Waals surface area contributed by atoms with Crippen molar-refractivity contribution in [1.29, 1.82) is 0 Å². The molecule has 0 aromatic heterocycles. The van der Waals surface area contributed by atoms with Gasteiger partial charge in [0.05, 0.1) is 7.11 Å². The molecule has 0 saturated heterocycles. The van der Waals surface area contributed by atoms with E-state index in [2.05, 4.69) is 0 Å². The highest BCUT2D eigenvalue weighted by Gasteiger charge is 2.19. The Labute approximate surface area is 92.6 Å². The molecular formula is C11H13F2NO2. The number of methoxy groups -OCH3 is 1. The van der Waals surface area contributed by atoms with Crippen molar-refractivity contribution < 1.29 is 18.3 Å². The van der Waals surface area contributed by atoms with Crippen LogP contribution in [0.5, 0.6) is 5.75 Å². The fourth-order valence-electron chi connectivity index (χ4n) is 1.25. The van der Waals surface area contributed by atoms with Crippen LogP contribution in [0.3, 0.4) is 0 Å². The van der Waals surface area contributed by atoms with Crippen LogP contribution in [0.2, 0.25) is 0 Å². The summed E-state index contributed by atoms with van der Waals surface area (Å²) in [7, 11) is 2.89. The van der Waals surface area contributed by atoms with E-state index in [1.165, 1.54) is 7.05 Å². The van der Waals surface area contributed by atoms with Crippen LogP contribution in [0.25, 0.3) is 0 Å². The lowest BCUT2D eigenvalue weighted by molar-refractivity contribution is -0.141. The maximum absolute atomic E-state index is 12.1. The van der Waals surface area contributed by atoms with E-state index < -0.39 is 12.3 Å². The van der Waals surface area contributed by atoms with Gasteiger partial charge in [-0.3, -0.25) is 4.79 Å². The summed E-state index contributed by atoms with van der Waals surface area (Å²) in [6.45, 7) is 0.160. The molecular weight excluding hydrogens is 216 g/mol. The first-order chi connectivity index (χ1) is 7.54. The second-order valence-corrected chi connectivity index (χ2v) is 3.34. The van der Waals surface area contributed by atoms with Gasteiger partial charge < -0.3 is 9.64 Å². The molecule has 88 valence electrons. The maximum atomic E-state index is 12.1. The predicted octanol–water partition coefficient (Wildman–Crippen LogP) is 1.92. The Bertz CT molecular complexity index is 352. The van der Waals surface area contributed by atoms with Gasteiger partial charge in [-0.15, -0.1) is 0 Å². The van der Waals surface area contributed by atoms with Crippen LogP contribution in [0.15, 0.2) is 24.3 Å². The molecule has 0 unspecified atom stereocenters. The molecule has 1 aromatic rings. The topological polar surface area (TPSA) is 29.5 Å². The Morgan fingerprint density at radius 1 is 1.38 bits per heavy atom. The van der Waals surface area contributed by atoms with Gasteiger partial charge >= 0.3 is 6.43 Å². The van der Waals surface area contributed by atoms with E-state index >= 15 is 0 Å². The molecule has 0 heterocycles. The number of nitrogens with zero attached hydrogens (tertiary/aromatic N) is 1. The monoisotopic (exact) mass is 229 g/mol. The third kappa shape index (κ3) is 3.18. The van der Waals surface area contributed by atoms with E-state index in [9.17, 15) is 13.6 Å². The molecule has 0 radical (unpaired) electrons. The molecule has 0 N–H and O–H groups in total. The Kier molecular flexibility index (Phi) is 4.22. The second kappa shape index (κ2) is 5.44. The summed E-state index contributed by atoms with van der Waals surface area (Å²) < 4.78 is 29.1. The molecule has 0 saturated carbocycles. The molecule has 1 aromatic carbocycles. The third-order valence-corrected chi connectivity index (χ3v) is 2.14. The number of halogens is 2. The van der Waals surface area contributed by atoms with Crippen LogP contribution in [-0.4, -0.2) is 31.4 Å². The fourth-order valence-corrected chi connectivity index (χ4v) is 1.25. The number of alkyl halides is 2. The smallest absolute Gasteiger partial charge is 0.315 e. The highest BCUT2D eigenvalue weighted by molar-refractivity contribution is 5.79.